The van der Waals surface area contributed by atoms with Crippen LogP contribution in [-0.4, -0.2) is 30.0 Å². The number of nitrogens with one attached hydrogen (secondary N) is 1. The molecule has 0 aliphatic carbocycles. The van der Waals surface area contributed by atoms with Gasteiger partial charge in [0.15, 0.2) is 0 Å². The topological polar surface area (TPSA) is 28.2 Å². The molecule has 1 atom stereocenters. The average molecular weight is 267 g/mol. The molecule has 0 radical (unpaired) electrons. The van der Waals surface area contributed by atoms with Gasteiger partial charge in [0.25, 0.3) is 0 Å². The lowest BCUT2D eigenvalue weighted by Crippen LogP contribution is -2.33. The van der Waals surface area contributed by atoms with E-state index >= 15 is 0 Å². The number of aromatic nitrogens is 1. The van der Waals surface area contributed by atoms with Crippen LogP contribution in [0.1, 0.15) is 11.1 Å². The van der Waals surface area contributed by atoms with E-state index in [2.05, 4.69) is 52.6 Å². The summed E-state index contributed by atoms with van der Waals surface area (Å²) in [7, 11) is 2.19. The van der Waals surface area contributed by atoms with Crippen LogP contribution in [0.3, 0.4) is 0 Å². The molecule has 2 aromatic rings. The molecule has 1 aliphatic heterocycles. The van der Waals surface area contributed by atoms with Gasteiger partial charge in [0, 0.05) is 37.7 Å². The van der Waals surface area contributed by atoms with E-state index in [0.717, 1.165) is 19.6 Å². The summed E-state index contributed by atoms with van der Waals surface area (Å²) in [5.41, 5.74) is 4.02. The second kappa shape index (κ2) is 6.06. The average Bonchev–Trinajstić information content (AvgIpc) is 2.48. The van der Waals surface area contributed by atoms with Gasteiger partial charge in [0.05, 0.1) is 0 Å². The first kappa shape index (κ1) is 13.1. The predicted molar refractivity (Wildman–Crippen MR) is 82.7 cm³/mol. The van der Waals surface area contributed by atoms with Crippen LogP contribution in [-0.2, 0) is 13.0 Å². The predicted octanol–water partition coefficient (Wildman–Crippen LogP) is 2.80. The first-order valence-electron chi connectivity index (χ1n) is 7.20. The van der Waals surface area contributed by atoms with Crippen LogP contribution in [0, 0.1) is 5.92 Å². The summed E-state index contributed by atoms with van der Waals surface area (Å²) >= 11 is 0. The van der Waals surface area contributed by atoms with Gasteiger partial charge in [-0.1, -0.05) is 24.3 Å². The van der Waals surface area contributed by atoms with E-state index in [1.807, 2.05) is 18.5 Å². The summed E-state index contributed by atoms with van der Waals surface area (Å²) in [4.78, 5) is 6.56. The lowest BCUT2D eigenvalue weighted by atomic mass is 9.93. The summed E-state index contributed by atoms with van der Waals surface area (Å²) in [5, 5.41) is 3.54. The summed E-state index contributed by atoms with van der Waals surface area (Å²) < 4.78 is 0. The maximum absolute atomic E-state index is 4.18. The second-order valence-corrected chi connectivity index (χ2v) is 5.67. The molecule has 2 heterocycles. The van der Waals surface area contributed by atoms with E-state index in [-0.39, 0.29) is 0 Å². The number of pyridine rings is 1. The Bertz CT molecular complexity index is 553. The number of nitrogens with zero attached hydrogens (tertiary/aromatic N) is 2. The van der Waals surface area contributed by atoms with Crippen LogP contribution < -0.4 is 5.32 Å². The standard InChI is InChI=1S/C17H21N3/c1-20(12-14-5-4-8-18-10-14)13-15-9-16-6-2-3-7-17(16)19-11-15/h2-8,10,15,19H,9,11-13H2,1H3. The van der Waals surface area contributed by atoms with Gasteiger partial charge in [0.2, 0.25) is 0 Å². The molecule has 3 nitrogen and oxygen atoms in total. The Kier molecular flexibility index (Phi) is 3.97. The number of anilines is 1. The van der Waals surface area contributed by atoms with Gasteiger partial charge < -0.3 is 10.2 Å². The monoisotopic (exact) mass is 267 g/mol. The molecule has 0 bridgehead atoms. The Balaban J connectivity index is 1.57. The van der Waals surface area contributed by atoms with Crippen molar-refractivity contribution in [2.45, 2.75) is 13.0 Å². The molecule has 3 rings (SSSR count). The second-order valence-electron chi connectivity index (χ2n) is 5.67. The Morgan fingerprint density at radius 3 is 3.00 bits per heavy atom. The largest absolute Gasteiger partial charge is 0.384 e. The van der Waals surface area contributed by atoms with Crippen molar-refractivity contribution in [2.75, 3.05) is 25.5 Å². The summed E-state index contributed by atoms with van der Waals surface area (Å²) in [6.45, 7) is 3.14. The minimum Gasteiger partial charge on any atom is -0.384 e. The third kappa shape index (κ3) is 3.17. The van der Waals surface area contributed by atoms with Gasteiger partial charge in [-0.05, 0) is 42.6 Å². The van der Waals surface area contributed by atoms with E-state index in [0.29, 0.717) is 5.92 Å². The first-order valence-corrected chi connectivity index (χ1v) is 7.20. The Labute approximate surface area is 120 Å². The molecule has 0 fully saturated rings. The Morgan fingerprint density at radius 1 is 1.25 bits per heavy atom. The molecule has 1 N–H and O–H groups in total. The van der Waals surface area contributed by atoms with Crippen LogP contribution in [0.25, 0.3) is 0 Å². The molecule has 0 amide bonds. The van der Waals surface area contributed by atoms with Gasteiger partial charge in [-0.25, -0.2) is 0 Å². The molecule has 1 aliphatic rings. The van der Waals surface area contributed by atoms with E-state index in [4.69, 9.17) is 0 Å². The van der Waals surface area contributed by atoms with Crippen molar-refractivity contribution in [3.63, 3.8) is 0 Å². The number of benzene rings is 1. The lowest BCUT2D eigenvalue weighted by Gasteiger charge is -2.29. The fraction of sp³-hybridized carbons (Fsp3) is 0.353. The molecule has 3 heteroatoms. The van der Waals surface area contributed by atoms with Crippen LogP contribution in [0.2, 0.25) is 0 Å². The van der Waals surface area contributed by atoms with Gasteiger partial charge in [-0.2, -0.15) is 0 Å². The van der Waals surface area contributed by atoms with E-state index in [1.54, 1.807) is 0 Å². The van der Waals surface area contributed by atoms with Crippen molar-refractivity contribution in [2.24, 2.45) is 5.92 Å². The van der Waals surface area contributed by atoms with Crippen LogP contribution in [0.4, 0.5) is 5.69 Å². The normalized spacial score (nSPS) is 17.6. The highest BCUT2D eigenvalue weighted by Crippen LogP contribution is 2.24. The van der Waals surface area contributed by atoms with Crippen LogP contribution in [0.15, 0.2) is 48.8 Å². The Morgan fingerprint density at radius 2 is 2.15 bits per heavy atom. The summed E-state index contributed by atoms with van der Waals surface area (Å²) in [6.07, 6.45) is 4.94. The number of hydrogen-bond donors (Lipinski definition) is 1. The van der Waals surface area contributed by atoms with Crippen molar-refractivity contribution >= 4 is 5.69 Å². The molecule has 1 unspecified atom stereocenters. The SMILES string of the molecule is CN(Cc1cccnc1)CC1CNc2ccccc2C1. The number of rotatable bonds is 4. The molecular weight excluding hydrogens is 246 g/mol. The zero-order chi connectivity index (χ0) is 13.8. The van der Waals surface area contributed by atoms with Crippen molar-refractivity contribution in [1.29, 1.82) is 0 Å². The van der Waals surface area contributed by atoms with Gasteiger partial charge in [-0.3, -0.25) is 4.98 Å². The fourth-order valence-corrected chi connectivity index (χ4v) is 2.95. The van der Waals surface area contributed by atoms with Crippen molar-refractivity contribution in [3.05, 3.63) is 59.9 Å². The maximum atomic E-state index is 4.18. The highest BCUT2D eigenvalue weighted by molar-refractivity contribution is 5.53. The third-order valence-corrected chi connectivity index (χ3v) is 3.85. The van der Waals surface area contributed by atoms with Crippen molar-refractivity contribution < 1.29 is 0 Å². The minimum atomic E-state index is 0.673. The molecule has 1 aromatic heterocycles. The highest BCUT2D eigenvalue weighted by Gasteiger charge is 2.19. The van der Waals surface area contributed by atoms with Crippen LogP contribution in [0.5, 0.6) is 0 Å². The number of hydrogen-bond acceptors (Lipinski definition) is 3. The molecule has 1 aromatic carbocycles. The van der Waals surface area contributed by atoms with E-state index in [1.165, 1.54) is 23.2 Å². The maximum Gasteiger partial charge on any atom is 0.0372 e. The molecule has 0 saturated carbocycles. The van der Waals surface area contributed by atoms with Gasteiger partial charge >= 0.3 is 0 Å². The molecule has 0 saturated heterocycles. The molecule has 20 heavy (non-hydrogen) atoms. The zero-order valence-corrected chi connectivity index (χ0v) is 11.9. The zero-order valence-electron chi connectivity index (χ0n) is 11.9. The van der Waals surface area contributed by atoms with Crippen LogP contribution >= 0.6 is 0 Å². The van der Waals surface area contributed by atoms with Crippen molar-refractivity contribution in [3.8, 4) is 0 Å². The minimum absolute atomic E-state index is 0.673. The van der Waals surface area contributed by atoms with Crippen molar-refractivity contribution in [1.82, 2.24) is 9.88 Å². The highest BCUT2D eigenvalue weighted by atomic mass is 15.1. The first-order chi connectivity index (χ1) is 9.81. The van der Waals surface area contributed by atoms with E-state index < -0.39 is 0 Å². The lowest BCUT2D eigenvalue weighted by molar-refractivity contribution is 0.271. The molecule has 104 valence electrons. The third-order valence-electron chi connectivity index (χ3n) is 3.85. The van der Waals surface area contributed by atoms with Gasteiger partial charge in [0.1, 0.15) is 0 Å². The van der Waals surface area contributed by atoms with Gasteiger partial charge in [-0.15, -0.1) is 0 Å². The quantitative estimate of drug-likeness (QED) is 0.923. The number of para-hydroxylation sites is 1. The number of fused-ring (bicyclic) bond motifs is 1. The fourth-order valence-electron chi connectivity index (χ4n) is 2.95. The van der Waals surface area contributed by atoms with E-state index in [9.17, 15) is 0 Å². The smallest absolute Gasteiger partial charge is 0.0372 e. The Hall–Kier alpha value is -1.87. The summed E-state index contributed by atoms with van der Waals surface area (Å²) in [5.74, 6) is 0.673. The summed E-state index contributed by atoms with van der Waals surface area (Å²) in [6, 6.07) is 12.8. The molecular formula is C17H21N3. The molecule has 0 spiro atoms.